The van der Waals surface area contributed by atoms with Gasteiger partial charge in [-0.15, -0.1) is 0 Å². The molecule has 1 aromatic heterocycles. The number of nitrogens with one attached hydrogen (secondary N) is 4. The maximum absolute atomic E-state index is 12.2. The van der Waals surface area contributed by atoms with E-state index in [0.717, 1.165) is 29.0 Å². The Balaban J connectivity index is 2.02. The number of hydrogen-bond donors (Lipinski definition) is 6. The average molecular weight is 846 g/mol. The summed E-state index contributed by atoms with van der Waals surface area (Å²) in [7, 11) is 0. The summed E-state index contributed by atoms with van der Waals surface area (Å²) in [5, 5.41) is 28.9. The molecule has 1 heterocycles. The number of amides is 4. The molecule has 1 rings (SSSR count). The third-order valence-electron chi connectivity index (χ3n) is 6.90. The summed E-state index contributed by atoms with van der Waals surface area (Å²) >= 11 is 1.43. The van der Waals surface area contributed by atoms with E-state index >= 15 is 0 Å². The van der Waals surface area contributed by atoms with Gasteiger partial charge < -0.3 is 20.5 Å². The summed E-state index contributed by atoms with van der Waals surface area (Å²) in [4.78, 5) is 74.2. The minimum atomic E-state index is -1.09. The van der Waals surface area contributed by atoms with Crippen LogP contribution in [-0.2, 0) is 23.9 Å². The summed E-state index contributed by atoms with van der Waals surface area (Å²) < 4.78 is 6.01. The van der Waals surface area contributed by atoms with Gasteiger partial charge in [0.2, 0.25) is 5.91 Å². The van der Waals surface area contributed by atoms with Crippen molar-refractivity contribution >= 4 is 39.0 Å². The van der Waals surface area contributed by atoms with E-state index in [2.05, 4.69) is 26.3 Å². The number of nitrogens with zero attached hydrogens (tertiary/aromatic N) is 1. The zero-order valence-corrected chi connectivity index (χ0v) is 29.4. The van der Waals surface area contributed by atoms with Crippen LogP contribution in [0.15, 0.2) is 18.5 Å². The standard InChI is InChI=1S/C31H48AtN5O9/c1-22(14-15-28(40)41)36-31(45)46-18-10-4-8-16-34-26(38)12-5-2-3-6-13-27(39)37-25(30(43)44)11-7-9-17-35-29(42)23-19-24(32)21-33-20-23/h19-22,25H,2-18H2,1H3,(H,34,38)(H,35,42)(H,36,45)(H,37,39)(H,40,41)(H,43,44)/t22-,25?/m1/s1/i32+1. The minimum absolute atomic E-state index is 0.0234. The van der Waals surface area contributed by atoms with Gasteiger partial charge >= 0.3 is 144 Å². The number of carboxylic acids is 2. The predicted octanol–water partition coefficient (Wildman–Crippen LogP) is 2.33. The molecule has 1 aromatic rings. The molecule has 0 radical (unpaired) electrons. The molecule has 4 amide bonds. The first-order valence-corrected chi connectivity index (χ1v) is 17.3. The van der Waals surface area contributed by atoms with E-state index in [4.69, 9.17) is 9.84 Å². The van der Waals surface area contributed by atoms with E-state index in [1.54, 1.807) is 19.2 Å². The molecular formula is C31H48AtN5O9. The third kappa shape index (κ3) is 21.4. The molecule has 258 valence electrons. The van der Waals surface area contributed by atoms with Gasteiger partial charge in [-0.1, -0.05) is 12.8 Å². The van der Waals surface area contributed by atoms with Gasteiger partial charge in [0.15, 0.2) is 0 Å². The first kappa shape index (κ1) is 40.7. The van der Waals surface area contributed by atoms with Gasteiger partial charge in [-0.3, -0.25) is 14.4 Å². The topological polar surface area (TPSA) is 213 Å². The summed E-state index contributed by atoms with van der Waals surface area (Å²) in [6.07, 6.45) is 9.90. The van der Waals surface area contributed by atoms with E-state index in [-0.39, 0.29) is 49.6 Å². The maximum atomic E-state index is 12.2. The number of pyridine rings is 1. The van der Waals surface area contributed by atoms with Gasteiger partial charge in [-0.25, -0.2) is 4.79 Å². The fraction of sp³-hybridized carbons (Fsp3) is 0.645. The Labute approximate surface area is 285 Å². The second-order valence-electron chi connectivity index (χ2n) is 11.0. The number of alkyl carbamates (subject to hydrolysis) is 1. The Bertz CT molecular complexity index is 1120. The van der Waals surface area contributed by atoms with Crippen molar-refractivity contribution in [2.45, 2.75) is 109 Å². The third-order valence-corrected chi connectivity index (χ3v) is 7.70. The SMILES string of the molecule is C[C@H](CCC(=O)O)NC(=O)OCCCCCNC(=O)CCCCCCC(=O)NC(CCCCNC(=O)c1cncc([211At])c1)C(=O)O. The van der Waals surface area contributed by atoms with Gasteiger partial charge in [-0.2, -0.15) is 0 Å². The number of aromatic nitrogens is 1. The summed E-state index contributed by atoms with van der Waals surface area (Å²) in [5.74, 6) is -2.59. The number of carboxylic acid groups (broad SMARTS) is 2. The number of hydrogen-bond acceptors (Lipinski definition) is 8. The van der Waals surface area contributed by atoms with E-state index in [1.807, 2.05) is 0 Å². The molecule has 15 heteroatoms. The number of carbonyl (C=O) groups is 6. The Hall–Kier alpha value is -3.35. The molecule has 46 heavy (non-hydrogen) atoms. The molecule has 0 spiro atoms. The van der Waals surface area contributed by atoms with Crippen molar-refractivity contribution in [1.82, 2.24) is 26.3 Å². The van der Waals surface area contributed by atoms with Crippen LogP contribution in [0, 0.1) is 24.7 Å². The molecule has 0 bridgehead atoms. The quantitative estimate of drug-likeness (QED) is 0.0791. The van der Waals surface area contributed by atoms with Crippen LogP contribution < -0.4 is 24.5 Å². The Kier molecular flexibility index (Phi) is 22.0. The average Bonchev–Trinajstić information content (AvgIpc) is 3.00. The summed E-state index contributed by atoms with van der Waals surface area (Å²) in [5.41, 5.74) is 0.485. The van der Waals surface area contributed by atoms with Crippen molar-refractivity contribution in [3.8, 4) is 0 Å². The van der Waals surface area contributed by atoms with Crippen LogP contribution in [0.2, 0.25) is 0 Å². The van der Waals surface area contributed by atoms with Gasteiger partial charge in [0.25, 0.3) is 0 Å². The molecule has 2 atom stereocenters. The monoisotopic (exact) mass is 845 g/mol. The molecule has 1 unspecified atom stereocenters. The summed E-state index contributed by atoms with van der Waals surface area (Å²) in [6, 6.07) is 0.502. The second kappa shape index (κ2) is 24.8. The number of unbranched alkanes of at least 4 members (excludes halogenated alkanes) is 6. The molecule has 0 fully saturated rings. The molecule has 14 nitrogen and oxygen atoms in total. The van der Waals surface area contributed by atoms with Crippen LogP contribution in [0.3, 0.4) is 0 Å². The Morgan fingerprint density at radius 3 is 2.11 bits per heavy atom. The van der Waals surface area contributed by atoms with Crippen LogP contribution in [-0.4, -0.2) is 82.7 Å². The Morgan fingerprint density at radius 2 is 1.43 bits per heavy atom. The van der Waals surface area contributed by atoms with Crippen molar-refractivity contribution in [2.75, 3.05) is 19.7 Å². The normalized spacial score (nSPS) is 12.0. The van der Waals surface area contributed by atoms with Crippen molar-refractivity contribution < 1.29 is 68.4 Å². The molecule has 0 aliphatic carbocycles. The zero-order chi connectivity index (χ0) is 34.2. The fourth-order valence-electron chi connectivity index (χ4n) is 4.30. The second-order valence-corrected chi connectivity index (χ2v) is 12.7. The van der Waals surface area contributed by atoms with Crippen molar-refractivity contribution in [2.24, 2.45) is 0 Å². The van der Waals surface area contributed by atoms with Crippen LogP contribution in [0.25, 0.3) is 0 Å². The van der Waals surface area contributed by atoms with Crippen LogP contribution >= 0.6 is 0 Å². The van der Waals surface area contributed by atoms with E-state index in [0.29, 0.717) is 63.6 Å². The van der Waals surface area contributed by atoms with Crippen molar-refractivity contribution in [3.63, 3.8) is 0 Å². The number of rotatable bonds is 25. The zero-order valence-electron chi connectivity index (χ0n) is 26.5. The van der Waals surface area contributed by atoms with E-state index in [1.165, 1.54) is 30.9 Å². The fourth-order valence-corrected chi connectivity index (χ4v) is 4.98. The van der Waals surface area contributed by atoms with Crippen LogP contribution in [0.5, 0.6) is 0 Å². The number of carbonyl (C=O) groups excluding carboxylic acids is 4. The number of ether oxygens (including phenoxy) is 1. The van der Waals surface area contributed by atoms with Gasteiger partial charge in [-0.05, 0) is 45.4 Å². The first-order valence-electron chi connectivity index (χ1n) is 15.8. The van der Waals surface area contributed by atoms with Crippen LogP contribution in [0.4, 0.5) is 4.79 Å². The molecule has 0 aromatic carbocycles. The molecular weight excluding hydrogens is 797 g/mol. The van der Waals surface area contributed by atoms with E-state index in [9.17, 15) is 33.9 Å². The molecule has 0 saturated carbocycles. The molecule has 0 aliphatic heterocycles. The van der Waals surface area contributed by atoms with E-state index < -0.39 is 24.1 Å². The van der Waals surface area contributed by atoms with Gasteiger partial charge in [0.1, 0.15) is 0 Å². The van der Waals surface area contributed by atoms with Gasteiger partial charge in [0.05, 0.1) is 6.61 Å². The number of aliphatic carboxylic acids is 2. The van der Waals surface area contributed by atoms with Gasteiger partial charge in [0, 0.05) is 31.8 Å². The van der Waals surface area contributed by atoms with Crippen LogP contribution in [0.1, 0.15) is 107 Å². The summed E-state index contributed by atoms with van der Waals surface area (Å²) in [6.45, 7) is 2.89. The molecule has 6 N–H and O–H groups in total. The Morgan fingerprint density at radius 1 is 0.783 bits per heavy atom. The molecule has 0 aliphatic rings. The van der Waals surface area contributed by atoms with Crippen molar-refractivity contribution in [1.29, 1.82) is 0 Å². The molecule has 0 saturated heterocycles. The first-order chi connectivity index (χ1) is 22.0. The van der Waals surface area contributed by atoms with Crippen molar-refractivity contribution in [3.05, 3.63) is 24.0 Å². The predicted molar refractivity (Wildman–Crippen MR) is 165 cm³/mol.